The zero-order chi connectivity index (χ0) is 10.4. The molecule has 1 saturated heterocycles. The molecule has 0 saturated carbocycles. The summed E-state index contributed by atoms with van der Waals surface area (Å²) in [6.07, 6.45) is 2.75. The van der Waals surface area contributed by atoms with Gasteiger partial charge in [0.25, 0.3) is 0 Å². The van der Waals surface area contributed by atoms with E-state index in [4.69, 9.17) is 4.74 Å². The van der Waals surface area contributed by atoms with Crippen LogP contribution >= 0.6 is 11.8 Å². The first-order chi connectivity index (χ1) is 6.74. The van der Waals surface area contributed by atoms with Gasteiger partial charge < -0.3 is 9.47 Å². The first-order valence-electron chi connectivity index (χ1n) is 5.01. The predicted molar refractivity (Wildman–Crippen MR) is 57.5 cm³/mol. The maximum absolute atomic E-state index is 11.1. The van der Waals surface area contributed by atoms with Crippen LogP contribution in [0.2, 0.25) is 0 Å². The van der Waals surface area contributed by atoms with Crippen molar-refractivity contribution >= 4 is 17.7 Å². The molecule has 2 atom stereocenters. The molecule has 1 rings (SSSR count). The van der Waals surface area contributed by atoms with E-state index in [1.807, 2.05) is 6.92 Å². The van der Waals surface area contributed by atoms with Gasteiger partial charge in [0.15, 0.2) is 0 Å². The zero-order valence-corrected chi connectivity index (χ0v) is 9.64. The Kier molecular flexibility index (Phi) is 5.33. The summed E-state index contributed by atoms with van der Waals surface area (Å²) in [7, 11) is 1.43. The van der Waals surface area contributed by atoms with Crippen LogP contribution < -0.4 is 0 Å². The molecule has 1 aliphatic rings. The van der Waals surface area contributed by atoms with Gasteiger partial charge in [-0.2, -0.15) is 11.8 Å². The molecule has 0 radical (unpaired) electrons. The lowest BCUT2D eigenvalue weighted by Gasteiger charge is -2.11. The first kappa shape index (κ1) is 11.9. The van der Waals surface area contributed by atoms with Crippen LogP contribution in [0.25, 0.3) is 0 Å². The summed E-state index contributed by atoms with van der Waals surface area (Å²) < 4.78 is 10.1. The Morgan fingerprint density at radius 3 is 3.07 bits per heavy atom. The van der Waals surface area contributed by atoms with Gasteiger partial charge in [-0.3, -0.25) is 4.79 Å². The molecule has 0 bridgehead atoms. The molecular formula is C10H18O3S. The minimum atomic E-state index is -0.121. The van der Waals surface area contributed by atoms with Gasteiger partial charge in [-0.25, -0.2) is 0 Å². The van der Waals surface area contributed by atoms with Crippen LogP contribution in [0.15, 0.2) is 0 Å². The Bertz CT molecular complexity index is 178. The zero-order valence-electron chi connectivity index (χ0n) is 8.82. The largest absolute Gasteiger partial charge is 0.469 e. The molecule has 4 heteroatoms. The third kappa shape index (κ3) is 3.88. The molecule has 2 unspecified atom stereocenters. The van der Waals surface area contributed by atoms with Crippen LogP contribution in [0.4, 0.5) is 0 Å². The average molecular weight is 218 g/mol. The highest BCUT2D eigenvalue weighted by atomic mass is 32.2. The second kappa shape index (κ2) is 6.30. The Morgan fingerprint density at radius 1 is 1.71 bits per heavy atom. The molecule has 0 amide bonds. The summed E-state index contributed by atoms with van der Waals surface area (Å²) in [4.78, 5) is 11.1. The Hall–Kier alpha value is -0.220. The highest BCUT2D eigenvalue weighted by Crippen LogP contribution is 2.18. The number of carbonyl (C=O) groups excluding carboxylic acids is 1. The van der Waals surface area contributed by atoms with E-state index >= 15 is 0 Å². The molecule has 0 aromatic rings. The maximum atomic E-state index is 11.1. The topological polar surface area (TPSA) is 35.5 Å². The number of esters is 1. The molecule has 1 aliphatic heterocycles. The van der Waals surface area contributed by atoms with Crippen molar-refractivity contribution in [1.82, 2.24) is 0 Å². The normalized spacial score (nSPS) is 23.4. The molecule has 1 heterocycles. The van der Waals surface area contributed by atoms with E-state index in [1.165, 1.54) is 20.0 Å². The van der Waals surface area contributed by atoms with E-state index in [0.29, 0.717) is 6.10 Å². The fourth-order valence-electron chi connectivity index (χ4n) is 1.42. The van der Waals surface area contributed by atoms with Crippen LogP contribution in [-0.4, -0.2) is 37.3 Å². The van der Waals surface area contributed by atoms with Crippen molar-refractivity contribution < 1.29 is 14.3 Å². The fourth-order valence-corrected chi connectivity index (χ4v) is 2.57. The van der Waals surface area contributed by atoms with Gasteiger partial charge in [-0.1, -0.05) is 6.92 Å². The third-order valence-corrected chi connectivity index (χ3v) is 3.64. The smallest absolute Gasteiger partial charge is 0.309 e. The van der Waals surface area contributed by atoms with E-state index in [1.54, 1.807) is 11.8 Å². The summed E-state index contributed by atoms with van der Waals surface area (Å²) >= 11 is 1.78. The SMILES string of the molecule is COC(=O)C(C)CSCC1CCCO1. The monoisotopic (exact) mass is 218 g/mol. The number of carbonyl (C=O) groups is 1. The number of thioether (sulfide) groups is 1. The first-order valence-corrected chi connectivity index (χ1v) is 6.16. The van der Waals surface area contributed by atoms with Gasteiger partial charge in [0.05, 0.1) is 19.1 Å². The van der Waals surface area contributed by atoms with Gasteiger partial charge in [0.1, 0.15) is 0 Å². The summed E-state index contributed by atoms with van der Waals surface area (Å²) in [6.45, 7) is 2.80. The molecule has 0 aliphatic carbocycles. The minimum absolute atomic E-state index is 0.00796. The third-order valence-electron chi connectivity index (χ3n) is 2.30. The summed E-state index contributed by atoms with van der Waals surface area (Å²) in [5, 5.41) is 0. The van der Waals surface area contributed by atoms with Crippen molar-refractivity contribution in [3.05, 3.63) is 0 Å². The molecule has 0 aromatic carbocycles. The summed E-state index contributed by atoms with van der Waals surface area (Å²) in [5.74, 6) is 1.70. The van der Waals surface area contributed by atoms with Crippen molar-refractivity contribution in [3.63, 3.8) is 0 Å². The summed E-state index contributed by atoms with van der Waals surface area (Å²) in [5.41, 5.74) is 0. The lowest BCUT2D eigenvalue weighted by Crippen LogP contribution is -2.17. The van der Waals surface area contributed by atoms with Crippen LogP contribution in [0.1, 0.15) is 19.8 Å². The molecule has 82 valence electrons. The molecular weight excluding hydrogens is 200 g/mol. The van der Waals surface area contributed by atoms with Crippen molar-refractivity contribution in [2.24, 2.45) is 5.92 Å². The highest BCUT2D eigenvalue weighted by molar-refractivity contribution is 7.99. The number of rotatable bonds is 5. The standard InChI is InChI=1S/C10H18O3S/c1-8(10(11)12-2)6-14-7-9-4-3-5-13-9/h8-9H,3-7H2,1-2H3. The molecule has 14 heavy (non-hydrogen) atoms. The average Bonchev–Trinajstić information content (AvgIpc) is 2.69. The fraction of sp³-hybridized carbons (Fsp3) is 0.900. The molecule has 3 nitrogen and oxygen atoms in total. The van der Waals surface area contributed by atoms with Gasteiger partial charge in [-0.05, 0) is 12.8 Å². The Balaban J connectivity index is 2.05. The van der Waals surface area contributed by atoms with E-state index in [2.05, 4.69) is 4.74 Å². The molecule has 1 fully saturated rings. The van der Waals surface area contributed by atoms with E-state index in [-0.39, 0.29) is 11.9 Å². The van der Waals surface area contributed by atoms with Crippen molar-refractivity contribution in [2.45, 2.75) is 25.9 Å². The second-order valence-corrected chi connectivity index (χ2v) is 4.67. The quantitative estimate of drug-likeness (QED) is 0.658. The van der Waals surface area contributed by atoms with Crippen LogP contribution in [0.5, 0.6) is 0 Å². The minimum Gasteiger partial charge on any atom is -0.469 e. The van der Waals surface area contributed by atoms with Gasteiger partial charge in [0.2, 0.25) is 0 Å². The lowest BCUT2D eigenvalue weighted by atomic mass is 10.2. The predicted octanol–water partition coefficient (Wildman–Crippen LogP) is 1.71. The van der Waals surface area contributed by atoms with E-state index in [9.17, 15) is 4.79 Å². The Morgan fingerprint density at radius 2 is 2.50 bits per heavy atom. The van der Waals surface area contributed by atoms with Crippen LogP contribution in [-0.2, 0) is 14.3 Å². The molecule has 0 N–H and O–H groups in total. The number of hydrogen-bond donors (Lipinski definition) is 0. The number of ether oxygens (including phenoxy) is 2. The van der Waals surface area contributed by atoms with Crippen LogP contribution in [0.3, 0.4) is 0 Å². The highest BCUT2D eigenvalue weighted by Gasteiger charge is 2.17. The van der Waals surface area contributed by atoms with Crippen molar-refractivity contribution in [2.75, 3.05) is 25.2 Å². The van der Waals surface area contributed by atoms with Crippen LogP contribution in [0, 0.1) is 5.92 Å². The van der Waals surface area contributed by atoms with E-state index in [0.717, 1.165) is 18.1 Å². The van der Waals surface area contributed by atoms with Crippen molar-refractivity contribution in [1.29, 1.82) is 0 Å². The van der Waals surface area contributed by atoms with E-state index < -0.39 is 0 Å². The molecule has 0 spiro atoms. The Labute approximate surface area is 89.5 Å². The maximum Gasteiger partial charge on any atom is 0.309 e. The lowest BCUT2D eigenvalue weighted by molar-refractivity contribution is -0.143. The second-order valence-electron chi connectivity index (χ2n) is 3.60. The van der Waals surface area contributed by atoms with Gasteiger partial charge in [-0.15, -0.1) is 0 Å². The van der Waals surface area contributed by atoms with Gasteiger partial charge >= 0.3 is 5.97 Å². The summed E-state index contributed by atoms with van der Waals surface area (Å²) in [6, 6.07) is 0. The number of methoxy groups -OCH3 is 1. The van der Waals surface area contributed by atoms with Crippen molar-refractivity contribution in [3.8, 4) is 0 Å². The van der Waals surface area contributed by atoms with Gasteiger partial charge in [0, 0.05) is 18.1 Å². The number of hydrogen-bond acceptors (Lipinski definition) is 4. The molecule has 0 aromatic heterocycles.